The predicted octanol–water partition coefficient (Wildman–Crippen LogP) is 7.19. The highest BCUT2D eigenvalue weighted by Crippen LogP contribution is 2.69. The van der Waals surface area contributed by atoms with Crippen molar-refractivity contribution in [2.45, 2.75) is 64.7 Å². The summed E-state index contributed by atoms with van der Waals surface area (Å²) >= 11 is 0. The van der Waals surface area contributed by atoms with Crippen LogP contribution in [0.2, 0.25) is 0 Å². The van der Waals surface area contributed by atoms with Crippen molar-refractivity contribution in [1.29, 1.82) is 0 Å². The number of rotatable bonds is 6. The van der Waals surface area contributed by atoms with Gasteiger partial charge in [0, 0.05) is 11.8 Å². The van der Waals surface area contributed by atoms with E-state index in [0.29, 0.717) is 11.1 Å². The molecule has 2 aliphatic carbocycles. The van der Waals surface area contributed by atoms with Crippen LogP contribution in [0.4, 0.5) is 26.3 Å². The van der Waals surface area contributed by atoms with Crippen LogP contribution < -0.4 is 0 Å². The van der Waals surface area contributed by atoms with E-state index in [0.717, 1.165) is 11.1 Å². The number of ether oxygens (including phenoxy) is 2. The molecule has 2 aromatic rings. The summed E-state index contributed by atoms with van der Waals surface area (Å²) < 4.78 is 88.3. The van der Waals surface area contributed by atoms with Crippen molar-refractivity contribution < 1.29 is 45.4 Å². The molecule has 2 saturated carbocycles. The van der Waals surface area contributed by atoms with Crippen molar-refractivity contribution in [2.24, 2.45) is 10.8 Å². The van der Waals surface area contributed by atoms with Gasteiger partial charge in [0.1, 0.15) is 0 Å². The van der Waals surface area contributed by atoms with E-state index in [1.165, 1.54) is 13.8 Å². The molecule has 208 valence electrons. The molecule has 0 spiro atoms. The van der Waals surface area contributed by atoms with Gasteiger partial charge in [-0.25, -0.2) is 0 Å². The first-order valence-electron chi connectivity index (χ1n) is 12.3. The van der Waals surface area contributed by atoms with Gasteiger partial charge in [0.2, 0.25) is 0 Å². The second-order valence-corrected chi connectivity index (χ2v) is 9.71. The molecule has 10 heteroatoms. The smallest absolute Gasteiger partial charge is 0.405 e. The lowest BCUT2D eigenvalue weighted by atomic mass is 9.98. The SMILES string of the molecule is CCOC(=O)[C@]1(C(F)(F)F)C[C@@H]1c1ccc(C)cc1.CCOC(=O)[C@]1(C(F)(F)F)C[C@H]1c1ccc(C)cc1. The van der Waals surface area contributed by atoms with Crippen molar-refractivity contribution in [1.82, 2.24) is 0 Å². The van der Waals surface area contributed by atoms with E-state index in [2.05, 4.69) is 9.47 Å². The molecule has 0 N–H and O–H groups in total. The number of esters is 2. The molecule has 0 unspecified atom stereocenters. The van der Waals surface area contributed by atoms with E-state index in [9.17, 15) is 35.9 Å². The molecule has 0 saturated heterocycles. The minimum Gasteiger partial charge on any atom is -0.465 e. The number of halogens is 6. The number of aryl methyl sites for hydroxylation is 2. The first-order valence-corrected chi connectivity index (χ1v) is 12.3. The molecule has 0 bridgehead atoms. The first kappa shape index (κ1) is 29.5. The minimum absolute atomic E-state index is 0.0444. The zero-order chi connectivity index (χ0) is 28.5. The highest BCUT2D eigenvalue weighted by Gasteiger charge is 2.77. The Kier molecular flexibility index (Phi) is 8.24. The van der Waals surface area contributed by atoms with E-state index in [1.54, 1.807) is 48.5 Å². The monoisotopic (exact) mass is 544 g/mol. The largest absolute Gasteiger partial charge is 0.465 e. The Morgan fingerprint density at radius 2 is 0.974 bits per heavy atom. The fraction of sp³-hybridized carbons (Fsp3) is 0.500. The third-order valence-corrected chi connectivity index (χ3v) is 7.17. The summed E-state index contributed by atoms with van der Waals surface area (Å²) in [4.78, 5) is 23.4. The molecular weight excluding hydrogens is 514 g/mol. The Balaban J connectivity index is 0.000000211. The van der Waals surface area contributed by atoms with Crippen LogP contribution in [0.1, 0.15) is 60.8 Å². The summed E-state index contributed by atoms with van der Waals surface area (Å²) in [5.41, 5.74) is -1.68. The Morgan fingerprint density at radius 3 is 1.21 bits per heavy atom. The lowest BCUT2D eigenvalue weighted by Crippen LogP contribution is -2.35. The lowest BCUT2D eigenvalue weighted by molar-refractivity contribution is -0.209. The molecule has 0 heterocycles. The first-order chi connectivity index (χ1) is 17.7. The third kappa shape index (κ3) is 5.40. The van der Waals surface area contributed by atoms with Gasteiger partial charge < -0.3 is 9.47 Å². The van der Waals surface area contributed by atoms with E-state index in [1.807, 2.05) is 13.8 Å². The molecule has 2 fully saturated rings. The Bertz CT molecular complexity index is 1050. The van der Waals surface area contributed by atoms with Crippen molar-refractivity contribution in [3.8, 4) is 0 Å². The maximum atomic E-state index is 13.2. The maximum Gasteiger partial charge on any atom is 0.405 e. The zero-order valence-electron chi connectivity index (χ0n) is 21.5. The van der Waals surface area contributed by atoms with Crippen LogP contribution in [0, 0.1) is 24.7 Å². The lowest BCUT2D eigenvalue weighted by Gasteiger charge is -2.19. The van der Waals surface area contributed by atoms with E-state index in [-0.39, 0.29) is 26.1 Å². The second-order valence-electron chi connectivity index (χ2n) is 9.71. The van der Waals surface area contributed by atoms with Crippen molar-refractivity contribution in [3.63, 3.8) is 0 Å². The van der Waals surface area contributed by atoms with Gasteiger partial charge in [-0.1, -0.05) is 59.7 Å². The number of benzene rings is 2. The van der Waals surface area contributed by atoms with Gasteiger partial charge in [0.25, 0.3) is 0 Å². The molecular formula is C28H30F6O4. The average Bonchev–Trinajstić information content (AvgIpc) is 3.73. The highest BCUT2D eigenvalue weighted by molar-refractivity contribution is 5.84. The van der Waals surface area contributed by atoms with Gasteiger partial charge in [0.05, 0.1) is 13.2 Å². The van der Waals surface area contributed by atoms with Gasteiger partial charge in [-0.15, -0.1) is 0 Å². The summed E-state index contributed by atoms with van der Waals surface area (Å²) in [7, 11) is 0. The molecule has 2 aromatic carbocycles. The van der Waals surface area contributed by atoms with Gasteiger partial charge in [-0.05, 0) is 51.7 Å². The normalized spacial score (nSPS) is 26.1. The van der Waals surface area contributed by atoms with Crippen LogP contribution in [0.5, 0.6) is 0 Å². The van der Waals surface area contributed by atoms with Crippen molar-refractivity contribution in [2.75, 3.05) is 13.2 Å². The number of carbonyl (C=O) groups excluding carboxylic acids is 2. The summed E-state index contributed by atoms with van der Waals surface area (Å²) in [6.45, 7) is 6.64. The number of hydrogen-bond donors (Lipinski definition) is 0. The molecule has 2 aliphatic rings. The van der Waals surface area contributed by atoms with Gasteiger partial charge in [-0.3, -0.25) is 9.59 Å². The summed E-state index contributed by atoms with van der Waals surface area (Å²) in [5, 5.41) is 0. The quantitative estimate of drug-likeness (QED) is 0.285. The highest BCUT2D eigenvalue weighted by atomic mass is 19.4. The van der Waals surface area contributed by atoms with Crippen LogP contribution in [-0.4, -0.2) is 37.5 Å². The van der Waals surface area contributed by atoms with Crippen LogP contribution in [-0.2, 0) is 19.1 Å². The van der Waals surface area contributed by atoms with E-state index < -0.39 is 47.0 Å². The fourth-order valence-corrected chi connectivity index (χ4v) is 4.76. The number of hydrogen-bond acceptors (Lipinski definition) is 4. The van der Waals surface area contributed by atoms with Gasteiger partial charge >= 0.3 is 24.3 Å². The second kappa shape index (κ2) is 10.6. The third-order valence-electron chi connectivity index (χ3n) is 7.17. The topological polar surface area (TPSA) is 52.6 Å². The van der Waals surface area contributed by atoms with Crippen molar-refractivity contribution >= 4 is 11.9 Å². The van der Waals surface area contributed by atoms with Crippen LogP contribution in [0.3, 0.4) is 0 Å². The molecule has 0 aromatic heterocycles. The number of carbonyl (C=O) groups is 2. The van der Waals surface area contributed by atoms with Crippen LogP contribution in [0.25, 0.3) is 0 Å². The fourth-order valence-electron chi connectivity index (χ4n) is 4.76. The average molecular weight is 545 g/mol. The molecule has 4 rings (SSSR count). The maximum absolute atomic E-state index is 13.2. The van der Waals surface area contributed by atoms with Crippen LogP contribution >= 0.6 is 0 Å². The zero-order valence-corrected chi connectivity index (χ0v) is 21.5. The molecule has 0 amide bonds. The molecule has 38 heavy (non-hydrogen) atoms. The number of alkyl halides is 6. The summed E-state index contributed by atoms with van der Waals surface area (Å²) in [6.07, 6.45) is -9.60. The van der Waals surface area contributed by atoms with Crippen molar-refractivity contribution in [3.05, 3.63) is 70.8 Å². The van der Waals surface area contributed by atoms with E-state index >= 15 is 0 Å². The minimum atomic E-state index is -4.57. The predicted molar refractivity (Wildman–Crippen MR) is 127 cm³/mol. The van der Waals surface area contributed by atoms with Crippen LogP contribution in [0.15, 0.2) is 48.5 Å². The summed E-state index contributed by atoms with van der Waals surface area (Å²) in [6, 6.07) is 13.6. The molecule has 0 aliphatic heterocycles. The van der Waals surface area contributed by atoms with Gasteiger partial charge in [-0.2, -0.15) is 26.3 Å². The Morgan fingerprint density at radius 1 is 0.684 bits per heavy atom. The van der Waals surface area contributed by atoms with E-state index in [4.69, 9.17) is 0 Å². The van der Waals surface area contributed by atoms with Gasteiger partial charge in [0.15, 0.2) is 10.8 Å². The summed E-state index contributed by atoms with van der Waals surface area (Å²) in [5.74, 6) is -3.97. The standard InChI is InChI=1S/2C14H15F3O2/c2*1-3-19-12(18)13(14(15,16)17)8-11(13)10-6-4-9(2)5-7-10/h2*4-7,11H,3,8H2,1-2H3/t11-,13+;11-,13-/m10/s1. The Labute approximate surface area is 217 Å². The molecule has 0 radical (unpaired) electrons. The Hall–Kier alpha value is -3.04. The molecule has 4 nitrogen and oxygen atoms in total. The molecule has 4 atom stereocenters.